The first-order valence-electron chi connectivity index (χ1n) is 9.63. The predicted molar refractivity (Wildman–Crippen MR) is 98.4 cm³/mol. The number of likely N-dealkylation sites (tertiary alicyclic amines) is 1. The van der Waals surface area contributed by atoms with E-state index >= 15 is 0 Å². The Labute approximate surface area is 169 Å². The molecule has 2 aliphatic rings. The molecule has 0 bridgehead atoms. The zero-order chi connectivity index (χ0) is 21.6. The van der Waals surface area contributed by atoms with Crippen molar-refractivity contribution in [1.82, 2.24) is 9.88 Å². The molecule has 4 rings (SSSR count). The van der Waals surface area contributed by atoms with Crippen LogP contribution in [0.3, 0.4) is 0 Å². The van der Waals surface area contributed by atoms with Crippen LogP contribution in [0, 0.1) is 5.82 Å². The van der Waals surface area contributed by atoms with Crippen molar-refractivity contribution in [1.29, 1.82) is 0 Å². The molecule has 0 unspecified atom stereocenters. The number of halogens is 5. The van der Waals surface area contributed by atoms with Crippen LogP contribution in [0.1, 0.15) is 47.7 Å². The molecule has 1 saturated carbocycles. The SMILES string of the molecule is NC(=O)c1cc2cc(F)c(OC(F)F)cc2nc1C1CCC(N2CC(F)(F)C2)CC1. The Morgan fingerprint density at radius 3 is 2.40 bits per heavy atom. The highest BCUT2D eigenvalue weighted by atomic mass is 19.3. The van der Waals surface area contributed by atoms with Crippen molar-refractivity contribution in [3.63, 3.8) is 0 Å². The highest BCUT2D eigenvalue weighted by Crippen LogP contribution is 2.40. The number of fused-ring (bicyclic) bond motifs is 1. The van der Waals surface area contributed by atoms with Crippen LogP contribution < -0.4 is 10.5 Å². The van der Waals surface area contributed by atoms with Gasteiger partial charge in [-0.1, -0.05) is 0 Å². The average molecular weight is 429 g/mol. The van der Waals surface area contributed by atoms with E-state index in [9.17, 15) is 26.7 Å². The summed E-state index contributed by atoms with van der Waals surface area (Å²) in [6.07, 6.45) is 2.57. The highest BCUT2D eigenvalue weighted by molar-refractivity contribution is 5.98. The first kappa shape index (κ1) is 20.8. The van der Waals surface area contributed by atoms with Gasteiger partial charge in [-0.3, -0.25) is 14.7 Å². The molecule has 1 saturated heterocycles. The molecule has 10 heteroatoms. The van der Waals surface area contributed by atoms with Gasteiger partial charge in [-0.05, 0) is 37.8 Å². The molecule has 5 nitrogen and oxygen atoms in total. The number of nitrogens with two attached hydrogens (primary N) is 1. The lowest BCUT2D eigenvalue weighted by molar-refractivity contribution is -0.150. The zero-order valence-corrected chi connectivity index (χ0v) is 15.9. The minimum Gasteiger partial charge on any atom is -0.432 e. The average Bonchev–Trinajstić information content (AvgIpc) is 2.65. The van der Waals surface area contributed by atoms with E-state index in [-0.39, 0.29) is 41.5 Å². The lowest BCUT2D eigenvalue weighted by atomic mass is 9.80. The number of aromatic nitrogens is 1. The van der Waals surface area contributed by atoms with Crippen molar-refractivity contribution in [2.45, 2.75) is 50.2 Å². The number of alkyl halides is 4. The summed E-state index contributed by atoms with van der Waals surface area (Å²) < 4.78 is 69.5. The van der Waals surface area contributed by atoms with E-state index in [4.69, 9.17) is 5.73 Å². The van der Waals surface area contributed by atoms with Crippen LogP contribution in [0.4, 0.5) is 22.0 Å². The lowest BCUT2D eigenvalue weighted by Gasteiger charge is -2.46. The molecular formula is C20H20F5N3O2. The summed E-state index contributed by atoms with van der Waals surface area (Å²) in [5.41, 5.74) is 6.26. The summed E-state index contributed by atoms with van der Waals surface area (Å²) in [5.74, 6) is -5.12. The van der Waals surface area contributed by atoms with Crippen molar-refractivity contribution in [3.05, 3.63) is 35.3 Å². The first-order valence-corrected chi connectivity index (χ1v) is 9.63. The summed E-state index contributed by atoms with van der Waals surface area (Å²) in [6, 6.07) is 3.49. The van der Waals surface area contributed by atoms with E-state index in [1.807, 2.05) is 0 Å². The van der Waals surface area contributed by atoms with E-state index in [1.54, 1.807) is 4.90 Å². The van der Waals surface area contributed by atoms with E-state index < -0.39 is 30.0 Å². The maximum Gasteiger partial charge on any atom is 0.387 e. The molecule has 162 valence electrons. The summed E-state index contributed by atoms with van der Waals surface area (Å²) >= 11 is 0. The van der Waals surface area contributed by atoms with Crippen LogP contribution in [0.25, 0.3) is 10.9 Å². The van der Waals surface area contributed by atoms with Crippen molar-refractivity contribution < 1.29 is 31.5 Å². The summed E-state index contributed by atoms with van der Waals surface area (Å²) in [4.78, 5) is 18.2. The van der Waals surface area contributed by atoms with E-state index in [1.165, 1.54) is 6.07 Å². The highest BCUT2D eigenvalue weighted by Gasteiger charge is 2.47. The zero-order valence-electron chi connectivity index (χ0n) is 15.9. The van der Waals surface area contributed by atoms with E-state index in [2.05, 4.69) is 9.72 Å². The van der Waals surface area contributed by atoms with Crippen molar-refractivity contribution in [3.8, 4) is 5.75 Å². The quantitative estimate of drug-likeness (QED) is 0.729. The first-order chi connectivity index (χ1) is 14.1. The number of pyridine rings is 1. The summed E-state index contributed by atoms with van der Waals surface area (Å²) in [5, 5.41) is 0.239. The number of hydrogen-bond acceptors (Lipinski definition) is 4. The van der Waals surface area contributed by atoms with Gasteiger partial charge < -0.3 is 10.5 Å². The van der Waals surface area contributed by atoms with Gasteiger partial charge in [0.15, 0.2) is 11.6 Å². The number of benzene rings is 1. The Morgan fingerprint density at radius 1 is 1.17 bits per heavy atom. The normalized spacial score (nSPS) is 24.1. The second kappa shape index (κ2) is 7.64. The van der Waals surface area contributed by atoms with Gasteiger partial charge in [0, 0.05) is 23.4 Å². The van der Waals surface area contributed by atoms with Gasteiger partial charge in [-0.25, -0.2) is 13.2 Å². The third-order valence-corrected chi connectivity index (χ3v) is 5.85. The number of rotatable bonds is 5. The number of carbonyl (C=O) groups excluding carboxylic acids is 1. The lowest BCUT2D eigenvalue weighted by Crippen LogP contribution is -2.60. The number of ether oxygens (including phenoxy) is 1. The molecule has 2 N–H and O–H groups in total. The van der Waals surface area contributed by atoms with Gasteiger partial charge in [0.1, 0.15) is 0 Å². The fourth-order valence-corrected chi connectivity index (χ4v) is 4.41. The molecule has 2 fully saturated rings. The van der Waals surface area contributed by atoms with Crippen LogP contribution in [-0.2, 0) is 0 Å². The molecule has 0 atom stereocenters. The fourth-order valence-electron chi connectivity index (χ4n) is 4.41. The van der Waals surface area contributed by atoms with Crippen LogP contribution in [-0.4, -0.2) is 47.5 Å². The van der Waals surface area contributed by atoms with Crippen molar-refractivity contribution in [2.24, 2.45) is 5.73 Å². The standard InChI is InChI=1S/C20H20F5N3O2/c21-14-6-11-5-13(18(26)29)17(27-15(11)7-16(14)30-19(22)23)10-1-3-12(4-2-10)28-8-20(24,25)9-28/h5-7,10,12,19H,1-4,8-9H2,(H2,26,29). The molecule has 2 aromatic rings. The van der Waals surface area contributed by atoms with Crippen LogP contribution in [0.5, 0.6) is 5.75 Å². The maximum atomic E-state index is 14.0. The number of primary amides is 1. The van der Waals surface area contributed by atoms with Gasteiger partial charge in [-0.2, -0.15) is 8.78 Å². The number of hydrogen-bond donors (Lipinski definition) is 1. The van der Waals surface area contributed by atoms with Crippen LogP contribution >= 0.6 is 0 Å². The molecule has 0 radical (unpaired) electrons. The third kappa shape index (κ3) is 4.05. The Kier molecular flexibility index (Phi) is 5.29. The molecule has 1 aliphatic heterocycles. The molecule has 30 heavy (non-hydrogen) atoms. The monoisotopic (exact) mass is 429 g/mol. The van der Waals surface area contributed by atoms with Gasteiger partial charge in [0.05, 0.1) is 29.9 Å². The third-order valence-electron chi connectivity index (χ3n) is 5.85. The Bertz CT molecular complexity index is 969. The minimum absolute atomic E-state index is 0.0542. The second-order valence-electron chi connectivity index (χ2n) is 7.91. The number of nitrogens with zero attached hydrogens (tertiary/aromatic N) is 2. The van der Waals surface area contributed by atoms with E-state index in [0.29, 0.717) is 31.4 Å². The number of carbonyl (C=O) groups is 1. The fraction of sp³-hybridized carbons (Fsp3) is 0.500. The smallest absolute Gasteiger partial charge is 0.387 e. The van der Waals surface area contributed by atoms with Crippen LogP contribution in [0.15, 0.2) is 18.2 Å². The molecular weight excluding hydrogens is 409 g/mol. The largest absolute Gasteiger partial charge is 0.432 e. The summed E-state index contributed by atoms with van der Waals surface area (Å²) in [6.45, 7) is -3.66. The maximum absolute atomic E-state index is 14.0. The summed E-state index contributed by atoms with van der Waals surface area (Å²) in [7, 11) is 0. The topological polar surface area (TPSA) is 68.5 Å². The van der Waals surface area contributed by atoms with Gasteiger partial charge >= 0.3 is 6.61 Å². The second-order valence-corrected chi connectivity index (χ2v) is 7.91. The molecule has 1 aromatic heterocycles. The van der Waals surface area contributed by atoms with Gasteiger partial charge in [0.2, 0.25) is 0 Å². The molecule has 1 aromatic carbocycles. The molecule has 0 spiro atoms. The number of amides is 1. The predicted octanol–water partition coefficient (Wildman–Crippen LogP) is 4.05. The molecule has 1 amide bonds. The van der Waals surface area contributed by atoms with Crippen LogP contribution in [0.2, 0.25) is 0 Å². The van der Waals surface area contributed by atoms with Crippen molar-refractivity contribution >= 4 is 16.8 Å². The Morgan fingerprint density at radius 2 is 1.83 bits per heavy atom. The van der Waals surface area contributed by atoms with Crippen molar-refractivity contribution in [2.75, 3.05) is 13.1 Å². The van der Waals surface area contributed by atoms with Gasteiger partial charge in [-0.15, -0.1) is 0 Å². The molecule has 2 heterocycles. The minimum atomic E-state index is -3.19. The molecule has 1 aliphatic carbocycles. The van der Waals surface area contributed by atoms with Gasteiger partial charge in [0.25, 0.3) is 11.8 Å². The Balaban J connectivity index is 1.60. The van der Waals surface area contributed by atoms with E-state index in [0.717, 1.165) is 12.1 Å². The Hall–Kier alpha value is -2.49.